The van der Waals surface area contributed by atoms with Crippen LogP contribution in [0.15, 0.2) is 34.4 Å². The first-order valence-corrected chi connectivity index (χ1v) is 12.0. The smallest absolute Gasteiger partial charge is 0.260 e. The van der Waals surface area contributed by atoms with Crippen LogP contribution < -0.4 is 10.3 Å². The molecule has 7 nitrogen and oxygen atoms in total. The van der Waals surface area contributed by atoms with Gasteiger partial charge in [-0.3, -0.25) is 9.69 Å². The molecular formula is C24H31N3O4S. The van der Waals surface area contributed by atoms with Gasteiger partial charge in [-0.2, -0.15) is 0 Å². The quantitative estimate of drug-likeness (QED) is 0.508. The molecule has 4 rings (SSSR count). The fraction of sp³-hybridized carbons (Fsp3) is 0.500. The average Bonchev–Trinajstić information content (AvgIpc) is 3.24. The Morgan fingerprint density at radius 1 is 1.22 bits per heavy atom. The summed E-state index contributed by atoms with van der Waals surface area (Å²) < 4.78 is 10.4. The van der Waals surface area contributed by atoms with Crippen molar-refractivity contribution in [1.82, 2.24) is 14.9 Å². The molecule has 1 atom stereocenters. The Labute approximate surface area is 192 Å². The summed E-state index contributed by atoms with van der Waals surface area (Å²) in [6.45, 7) is 1.30. The largest absolute Gasteiger partial charge is 0.497 e. The van der Waals surface area contributed by atoms with E-state index in [9.17, 15) is 9.90 Å². The molecule has 0 radical (unpaired) electrons. The predicted octanol–water partition coefficient (Wildman–Crippen LogP) is 3.80. The maximum atomic E-state index is 13.1. The average molecular weight is 458 g/mol. The molecule has 32 heavy (non-hydrogen) atoms. The van der Waals surface area contributed by atoms with Gasteiger partial charge in [-0.05, 0) is 30.5 Å². The molecule has 172 valence electrons. The number of aromatic amines is 1. The third-order valence-corrected chi connectivity index (χ3v) is 7.01. The highest BCUT2D eigenvalue weighted by atomic mass is 32.1. The first kappa shape index (κ1) is 22.9. The second kappa shape index (κ2) is 10.6. The van der Waals surface area contributed by atoms with Crippen LogP contribution in [0.5, 0.6) is 5.75 Å². The third kappa shape index (κ3) is 5.20. The minimum Gasteiger partial charge on any atom is -0.497 e. The van der Waals surface area contributed by atoms with Crippen molar-refractivity contribution >= 4 is 21.6 Å². The molecule has 1 saturated carbocycles. The fourth-order valence-electron chi connectivity index (χ4n) is 4.55. The Bertz CT molecular complexity index is 1070. The molecule has 0 spiro atoms. The fourth-order valence-corrected chi connectivity index (χ4v) is 5.52. The molecule has 0 aliphatic heterocycles. The number of hydrogen-bond acceptors (Lipinski definition) is 7. The zero-order valence-corrected chi connectivity index (χ0v) is 19.5. The van der Waals surface area contributed by atoms with E-state index in [1.54, 1.807) is 14.2 Å². The number of H-pyrrole nitrogens is 1. The number of fused-ring (bicyclic) bond motifs is 1. The van der Waals surface area contributed by atoms with Crippen LogP contribution in [0.3, 0.4) is 0 Å². The highest BCUT2D eigenvalue weighted by molar-refractivity contribution is 7.17. The Morgan fingerprint density at radius 3 is 2.66 bits per heavy atom. The van der Waals surface area contributed by atoms with Crippen LogP contribution >= 0.6 is 11.3 Å². The molecule has 8 heteroatoms. The molecule has 2 heterocycles. The van der Waals surface area contributed by atoms with Gasteiger partial charge in [0.05, 0.1) is 31.8 Å². The maximum absolute atomic E-state index is 13.1. The van der Waals surface area contributed by atoms with E-state index in [1.165, 1.54) is 30.6 Å². The van der Waals surface area contributed by atoms with Crippen LogP contribution in [0.4, 0.5) is 0 Å². The van der Waals surface area contributed by atoms with Crippen molar-refractivity contribution in [3.8, 4) is 16.9 Å². The first-order valence-electron chi connectivity index (χ1n) is 11.1. The lowest BCUT2D eigenvalue weighted by Crippen LogP contribution is -2.42. The second-order valence-corrected chi connectivity index (χ2v) is 9.26. The molecular weight excluding hydrogens is 426 g/mol. The summed E-state index contributed by atoms with van der Waals surface area (Å²) in [6, 6.07) is 8.07. The van der Waals surface area contributed by atoms with Crippen LogP contribution in [-0.2, 0) is 11.3 Å². The summed E-state index contributed by atoms with van der Waals surface area (Å²) >= 11 is 1.48. The predicted molar refractivity (Wildman–Crippen MR) is 127 cm³/mol. The van der Waals surface area contributed by atoms with Gasteiger partial charge in [-0.15, -0.1) is 11.3 Å². The summed E-state index contributed by atoms with van der Waals surface area (Å²) in [5, 5.41) is 13.0. The zero-order valence-electron chi connectivity index (χ0n) is 18.7. The van der Waals surface area contributed by atoms with Crippen LogP contribution in [0.25, 0.3) is 21.3 Å². The summed E-state index contributed by atoms with van der Waals surface area (Å²) in [5.41, 5.74) is 1.72. The first-order chi connectivity index (χ1) is 15.6. The standard InChI is InChI=1S/C24H31N3O4S/c1-30-14-18(28)12-27(17-6-4-3-5-7-17)13-21-25-23(29)22-20(15-32-24(22)26-21)16-8-10-19(31-2)11-9-16/h8-11,15,17-18,28H,3-7,12-14H2,1-2H3,(H,25,26,29). The highest BCUT2D eigenvalue weighted by Gasteiger charge is 2.25. The highest BCUT2D eigenvalue weighted by Crippen LogP contribution is 2.32. The van der Waals surface area contributed by atoms with E-state index in [0.717, 1.165) is 34.5 Å². The molecule has 0 bridgehead atoms. The number of rotatable bonds is 9. The summed E-state index contributed by atoms with van der Waals surface area (Å²) in [4.78, 5) is 23.8. The Morgan fingerprint density at radius 2 is 1.97 bits per heavy atom. The number of ether oxygens (including phenoxy) is 2. The van der Waals surface area contributed by atoms with Crippen LogP contribution in [0.1, 0.15) is 37.9 Å². The van der Waals surface area contributed by atoms with Gasteiger partial charge >= 0.3 is 0 Å². The van der Waals surface area contributed by atoms with E-state index in [4.69, 9.17) is 14.5 Å². The molecule has 1 fully saturated rings. The molecule has 1 aliphatic rings. The molecule has 1 aromatic carbocycles. The van der Waals surface area contributed by atoms with E-state index in [1.807, 2.05) is 29.6 Å². The minimum atomic E-state index is -0.569. The van der Waals surface area contributed by atoms with Crippen molar-refractivity contribution in [2.24, 2.45) is 0 Å². The monoisotopic (exact) mass is 457 g/mol. The van der Waals surface area contributed by atoms with Crippen molar-refractivity contribution in [3.05, 3.63) is 45.8 Å². The number of aromatic nitrogens is 2. The van der Waals surface area contributed by atoms with E-state index in [0.29, 0.717) is 36.9 Å². The van der Waals surface area contributed by atoms with Gasteiger partial charge in [-0.25, -0.2) is 4.98 Å². The summed E-state index contributed by atoms with van der Waals surface area (Å²) in [5.74, 6) is 1.42. The molecule has 0 amide bonds. The Balaban J connectivity index is 1.60. The lowest BCUT2D eigenvalue weighted by molar-refractivity contribution is 0.0173. The number of hydrogen-bond donors (Lipinski definition) is 2. The second-order valence-electron chi connectivity index (χ2n) is 8.40. The van der Waals surface area contributed by atoms with Crippen molar-refractivity contribution in [2.45, 2.75) is 50.8 Å². The number of nitrogens with zero attached hydrogens (tertiary/aromatic N) is 2. The van der Waals surface area contributed by atoms with Gasteiger partial charge < -0.3 is 19.6 Å². The number of aliphatic hydroxyl groups excluding tert-OH is 1. The molecule has 2 N–H and O–H groups in total. The summed E-state index contributed by atoms with van der Waals surface area (Å²) in [6.07, 6.45) is 5.29. The van der Waals surface area contributed by atoms with Crippen LogP contribution in [0.2, 0.25) is 0 Å². The number of aliphatic hydroxyl groups is 1. The minimum absolute atomic E-state index is 0.127. The molecule has 2 aromatic heterocycles. The van der Waals surface area contributed by atoms with Crippen molar-refractivity contribution < 1.29 is 14.6 Å². The van der Waals surface area contributed by atoms with E-state index in [2.05, 4.69) is 9.88 Å². The van der Waals surface area contributed by atoms with Gasteiger partial charge in [0.25, 0.3) is 5.56 Å². The maximum Gasteiger partial charge on any atom is 0.260 e. The number of benzene rings is 1. The van der Waals surface area contributed by atoms with Crippen LogP contribution in [-0.4, -0.2) is 59.5 Å². The van der Waals surface area contributed by atoms with Crippen molar-refractivity contribution in [3.63, 3.8) is 0 Å². The van der Waals surface area contributed by atoms with Crippen molar-refractivity contribution in [2.75, 3.05) is 27.4 Å². The lowest BCUT2D eigenvalue weighted by Gasteiger charge is -2.35. The van der Waals surface area contributed by atoms with E-state index >= 15 is 0 Å². The number of nitrogens with one attached hydrogen (secondary N) is 1. The SMILES string of the molecule is COCC(O)CN(Cc1nc2scc(-c3ccc(OC)cc3)c2c(=O)[nH]1)C1CCCCC1. The van der Waals surface area contributed by atoms with Gasteiger partial charge in [0.2, 0.25) is 0 Å². The number of thiophene rings is 1. The van der Waals surface area contributed by atoms with E-state index < -0.39 is 6.10 Å². The Hall–Kier alpha value is -2.26. The number of methoxy groups -OCH3 is 2. The Kier molecular flexibility index (Phi) is 7.57. The van der Waals surface area contributed by atoms with Crippen LogP contribution in [0, 0.1) is 0 Å². The van der Waals surface area contributed by atoms with Gasteiger partial charge in [0.1, 0.15) is 16.4 Å². The van der Waals surface area contributed by atoms with Gasteiger partial charge in [-0.1, -0.05) is 31.4 Å². The van der Waals surface area contributed by atoms with E-state index in [-0.39, 0.29) is 5.56 Å². The topological polar surface area (TPSA) is 87.7 Å². The normalized spacial score (nSPS) is 16.0. The molecule has 3 aromatic rings. The third-order valence-electron chi connectivity index (χ3n) is 6.14. The summed E-state index contributed by atoms with van der Waals surface area (Å²) in [7, 11) is 3.23. The van der Waals surface area contributed by atoms with Gasteiger partial charge in [0, 0.05) is 30.6 Å². The molecule has 0 saturated heterocycles. The lowest BCUT2D eigenvalue weighted by atomic mass is 9.94. The molecule has 1 unspecified atom stereocenters. The molecule has 1 aliphatic carbocycles. The van der Waals surface area contributed by atoms with Crippen molar-refractivity contribution in [1.29, 1.82) is 0 Å². The van der Waals surface area contributed by atoms with Gasteiger partial charge in [0.15, 0.2) is 0 Å². The zero-order chi connectivity index (χ0) is 22.5.